The van der Waals surface area contributed by atoms with E-state index in [9.17, 15) is 18.0 Å². The molecule has 2 atom stereocenters. The summed E-state index contributed by atoms with van der Waals surface area (Å²) in [5, 5.41) is 3.47. The summed E-state index contributed by atoms with van der Waals surface area (Å²) in [4.78, 5) is 27.7. The van der Waals surface area contributed by atoms with Gasteiger partial charge >= 0.3 is 0 Å². The zero-order chi connectivity index (χ0) is 26.9. The molecule has 36 heavy (non-hydrogen) atoms. The summed E-state index contributed by atoms with van der Waals surface area (Å²) >= 11 is 6.12. The van der Waals surface area contributed by atoms with E-state index in [1.54, 1.807) is 49.4 Å². The van der Waals surface area contributed by atoms with E-state index in [4.69, 9.17) is 16.3 Å². The Bertz CT molecular complexity index is 1120. The average molecular weight is 538 g/mol. The molecular weight excluding hydrogens is 502 g/mol. The quantitative estimate of drug-likeness (QED) is 0.412. The van der Waals surface area contributed by atoms with Gasteiger partial charge in [0.25, 0.3) is 0 Å². The second-order valence-corrected chi connectivity index (χ2v) is 11.1. The molecule has 0 unspecified atom stereocenters. The Balaban J connectivity index is 2.17. The molecule has 0 aliphatic carbocycles. The molecule has 2 aromatic rings. The molecule has 0 heterocycles. The normalized spacial score (nSPS) is 12.9. The van der Waals surface area contributed by atoms with E-state index in [1.807, 2.05) is 19.9 Å². The Morgan fingerprint density at radius 3 is 2.33 bits per heavy atom. The molecule has 0 aromatic heterocycles. The van der Waals surface area contributed by atoms with Gasteiger partial charge in [0.2, 0.25) is 21.8 Å². The van der Waals surface area contributed by atoms with Crippen LogP contribution >= 0.6 is 11.6 Å². The lowest BCUT2D eigenvalue weighted by Crippen LogP contribution is -2.49. The Kier molecular flexibility index (Phi) is 11.0. The van der Waals surface area contributed by atoms with Crippen LogP contribution in [0.2, 0.25) is 5.02 Å². The summed E-state index contributed by atoms with van der Waals surface area (Å²) in [5.41, 5.74) is 1.29. The lowest BCUT2D eigenvalue weighted by atomic mass is 10.1. The van der Waals surface area contributed by atoms with Gasteiger partial charge in [0.05, 0.1) is 19.1 Å². The molecule has 8 nitrogen and oxygen atoms in total. The summed E-state index contributed by atoms with van der Waals surface area (Å²) in [5.74, 6) is 0.129. The number of nitrogens with one attached hydrogen (secondary N) is 1. The first kappa shape index (κ1) is 29.5. The highest BCUT2D eigenvalue weighted by Crippen LogP contribution is 2.22. The highest BCUT2D eigenvalue weighted by Gasteiger charge is 2.27. The van der Waals surface area contributed by atoms with Crippen LogP contribution in [-0.4, -0.2) is 57.1 Å². The molecule has 0 radical (unpaired) electrons. The minimum absolute atomic E-state index is 0.0177. The van der Waals surface area contributed by atoms with Crippen LogP contribution in [0.15, 0.2) is 48.5 Å². The van der Waals surface area contributed by atoms with E-state index in [1.165, 1.54) is 16.3 Å². The SMILES string of the molecule is CC[C@@H](C)NC(=O)[C@@H](C)N(Cc1cccc(Cl)c1)C(=O)CCCN(c1ccc(OC)cc1)S(C)(=O)=O. The topological polar surface area (TPSA) is 96.0 Å². The molecule has 0 fully saturated rings. The molecule has 2 rings (SSSR count). The van der Waals surface area contributed by atoms with Gasteiger partial charge in [0.1, 0.15) is 11.8 Å². The number of rotatable bonds is 13. The van der Waals surface area contributed by atoms with Gasteiger partial charge in [-0.3, -0.25) is 13.9 Å². The maximum absolute atomic E-state index is 13.3. The van der Waals surface area contributed by atoms with Crippen LogP contribution in [0.4, 0.5) is 5.69 Å². The number of benzene rings is 2. The standard InChI is InChI=1S/C26H36ClN3O5S/c1-6-19(2)28-26(32)20(3)29(18-21-9-7-10-22(27)17-21)25(31)11-8-16-30(36(5,33)34)23-12-14-24(35-4)15-13-23/h7,9-10,12-15,17,19-20H,6,8,11,16,18H2,1-5H3,(H,28,32)/t19-,20-/m1/s1. The van der Waals surface area contributed by atoms with E-state index in [0.29, 0.717) is 16.5 Å². The van der Waals surface area contributed by atoms with Crippen molar-refractivity contribution in [3.63, 3.8) is 0 Å². The molecule has 0 saturated heterocycles. The predicted molar refractivity (Wildman–Crippen MR) is 144 cm³/mol. The van der Waals surface area contributed by atoms with E-state index >= 15 is 0 Å². The van der Waals surface area contributed by atoms with Crippen molar-refractivity contribution in [3.8, 4) is 5.75 Å². The number of amides is 2. The third-order valence-electron chi connectivity index (χ3n) is 5.92. The molecule has 0 saturated carbocycles. The van der Waals surface area contributed by atoms with E-state index in [0.717, 1.165) is 18.2 Å². The minimum Gasteiger partial charge on any atom is -0.497 e. The van der Waals surface area contributed by atoms with Crippen molar-refractivity contribution in [2.75, 3.05) is 24.2 Å². The lowest BCUT2D eigenvalue weighted by molar-refractivity contribution is -0.140. The van der Waals surface area contributed by atoms with Gasteiger partial charge in [-0.05, 0) is 68.7 Å². The first-order chi connectivity index (χ1) is 17.0. The zero-order valence-electron chi connectivity index (χ0n) is 21.5. The molecule has 0 aliphatic rings. The third-order valence-corrected chi connectivity index (χ3v) is 7.35. The number of carbonyl (C=O) groups is 2. The van der Waals surface area contributed by atoms with Gasteiger partial charge in [-0.2, -0.15) is 0 Å². The van der Waals surface area contributed by atoms with Gasteiger partial charge in [-0.1, -0.05) is 30.7 Å². The molecule has 1 N–H and O–H groups in total. The van der Waals surface area contributed by atoms with Crippen molar-refractivity contribution >= 4 is 39.1 Å². The van der Waals surface area contributed by atoms with Crippen molar-refractivity contribution in [3.05, 3.63) is 59.1 Å². The number of ether oxygens (including phenoxy) is 1. The van der Waals surface area contributed by atoms with Crippen LogP contribution in [0.25, 0.3) is 0 Å². The highest BCUT2D eigenvalue weighted by molar-refractivity contribution is 7.92. The largest absolute Gasteiger partial charge is 0.497 e. The summed E-state index contributed by atoms with van der Waals surface area (Å²) < 4.78 is 31.3. The van der Waals surface area contributed by atoms with Gasteiger partial charge in [0.15, 0.2) is 0 Å². The Morgan fingerprint density at radius 2 is 1.78 bits per heavy atom. The highest BCUT2D eigenvalue weighted by atomic mass is 35.5. The molecule has 0 bridgehead atoms. The molecular formula is C26H36ClN3O5S. The van der Waals surface area contributed by atoms with E-state index in [2.05, 4.69) is 5.32 Å². The van der Waals surface area contributed by atoms with Crippen LogP contribution in [-0.2, 0) is 26.2 Å². The maximum atomic E-state index is 13.3. The number of carbonyl (C=O) groups excluding carboxylic acids is 2. The van der Waals surface area contributed by atoms with Gasteiger partial charge in [-0.25, -0.2) is 8.42 Å². The van der Waals surface area contributed by atoms with Crippen molar-refractivity contribution < 1.29 is 22.7 Å². The molecule has 2 amide bonds. The van der Waals surface area contributed by atoms with Gasteiger partial charge < -0.3 is 15.0 Å². The molecule has 2 aromatic carbocycles. The average Bonchev–Trinajstić information content (AvgIpc) is 2.83. The summed E-state index contributed by atoms with van der Waals surface area (Å²) in [6, 6.07) is 13.1. The zero-order valence-corrected chi connectivity index (χ0v) is 23.1. The fourth-order valence-corrected chi connectivity index (χ4v) is 4.81. The number of anilines is 1. The smallest absolute Gasteiger partial charge is 0.242 e. The second-order valence-electron chi connectivity index (χ2n) is 8.78. The predicted octanol–water partition coefficient (Wildman–Crippen LogP) is 4.23. The van der Waals surface area contributed by atoms with Crippen LogP contribution in [0, 0.1) is 0 Å². The number of methoxy groups -OCH3 is 1. The van der Waals surface area contributed by atoms with Crippen molar-refractivity contribution in [1.82, 2.24) is 10.2 Å². The number of hydrogen-bond donors (Lipinski definition) is 1. The number of sulfonamides is 1. The van der Waals surface area contributed by atoms with Crippen LogP contribution in [0.3, 0.4) is 0 Å². The lowest BCUT2D eigenvalue weighted by Gasteiger charge is -2.30. The summed E-state index contributed by atoms with van der Waals surface area (Å²) in [7, 11) is -2.03. The first-order valence-electron chi connectivity index (χ1n) is 11.9. The van der Waals surface area contributed by atoms with Gasteiger partial charge in [-0.15, -0.1) is 0 Å². The van der Waals surface area contributed by atoms with Crippen LogP contribution < -0.4 is 14.4 Å². The van der Waals surface area contributed by atoms with Crippen LogP contribution in [0.5, 0.6) is 5.75 Å². The second kappa shape index (κ2) is 13.5. The Labute approximate surface area is 219 Å². The monoisotopic (exact) mass is 537 g/mol. The van der Waals surface area contributed by atoms with E-state index in [-0.39, 0.29) is 43.8 Å². The molecule has 0 spiro atoms. The fraction of sp³-hybridized carbons (Fsp3) is 0.462. The Morgan fingerprint density at radius 1 is 1.11 bits per heavy atom. The summed E-state index contributed by atoms with van der Waals surface area (Å²) in [6.07, 6.45) is 2.26. The van der Waals surface area contributed by atoms with Crippen molar-refractivity contribution in [2.45, 2.75) is 58.7 Å². The van der Waals surface area contributed by atoms with Gasteiger partial charge in [0, 0.05) is 30.6 Å². The minimum atomic E-state index is -3.57. The molecule has 10 heteroatoms. The Hall–Kier alpha value is -2.78. The van der Waals surface area contributed by atoms with Crippen LogP contribution in [0.1, 0.15) is 45.6 Å². The molecule has 198 valence electrons. The fourth-order valence-electron chi connectivity index (χ4n) is 3.63. The molecule has 0 aliphatic heterocycles. The number of halogens is 1. The first-order valence-corrected chi connectivity index (χ1v) is 14.1. The maximum Gasteiger partial charge on any atom is 0.242 e. The van der Waals surface area contributed by atoms with E-state index < -0.39 is 16.1 Å². The number of hydrogen-bond acceptors (Lipinski definition) is 5. The van der Waals surface area contributed by atoms with Crippen molar-refractivity contribution in [2.24, 2.45) is 0 Å². The summed E-state index contributed by atoms with van der Waals surface area (Å²) in [6.45, 7) is 5.91. The number of nitrogens with zero attached hydrogens (tertiary/aromatic N) is 2. The van der Waals surface area contributed by atoms with Crippen molar-refractivity contribution in [1.29, 1.82) is 0 Å². The third kappa shape index (κ3) is 8.71.